The molecule has 33 heavy (non-hydrogen) atoms. The molecule has 0 spiro atoms. The Morgan fingerprint density at radius 3 is 2.33 bits per heavy atom. The van der Waals surface area contributed by atoms with E-state index < -0.39 is 0 Å². The van der Waals surface area contributed by atoms with Gasteiger partial charge in [0.25, 0.3) is 0 Å². The van der Waals surface area contributed by atoms with Gasteiger partial charge in [-0.15, -0.1) is 0 Å². The molecule has 0 saturated heterocycles. The minimum atomic E-state index is -0.337. The van der Waals surface area contributed by atoms with Crippen LogP contribution in [0, 0.1) is 0 Å². The number of aromatic nitrogens is 2. The van der Waals surface area contributed by atoms with E-state index in [0.717, 1.165) is 27.9 Å². The number of carbonyl (C=O) groups is 1. The van der Waals surface area contributed by atoms with E-state index in [4.69, 9.17) is 4.74 Å². The van der Waals surface area contributed by atoms with Gasteiger partial charge in [0, 0.05) is 11.3 Å². The lowest BCUT2D eigenvalue weighted by atomic mass is 10.1. The molecule has 0 aliphatic heterocycles. The molecule has 162 valence electrons. The molecule has 0 aliphatic carbocycles. The van der Waals surface area contributed by atoms with Gasteiger partial charge in [-0.1, -0.05) is 54.6 Å². The average Bonchev–Trinajstić information content (AvgIpc) is 3.29. The molecular formula is C27H22N4O2. The van der Waals surface area contributed by atoms with Crippen molar-refractivity contribution < 1.29 is 9.53 Å². The molecule has 1 aromatic heterocycles. The number of hydrogen-bond donors (Lipinski definition) is 3. The van der Waals surface area contributed by atoms with Gasteiger partial charge in [-0.3, -0.25) is 0 Å². The number of carbonyl (C=O) groups excluding carboxylic acids is 1. The van der Waals surface area contributed by atoms with Crippen LogP contribution in [0.2, 0.25) is 0 Å². The van der Waals surface area contributed by atoms with Crippen molar-refractivity contribution in [2.75, 3.05) is 10.6 Å². The number of urea groups is 1. The van der Waals surface area contributed by atoms with Gasteiger partial charge in [-0.05, 0) is 54.1 Å². The molecule has 0 fully saturated rings. The van der Waals surface area contributed by atoms with Gasteiger partial charge >= 0.3 is 6.03 Å². The van der Waals surface area contributed by atoms with E-state index in [2.05, 4.69) is 20.6 Å². The zero-order valence-electron chi connectivity index (χ0n) is 17.8. The second-order valence-electron chi connectivity index (χ2n) is 7.53. The third-order valence-corrected chi connectivity index (χ3v) is 5.18. The van der Waals surface area contributed by atoms with E-state index in [0.29, 0.717) is 23.8 Å². The van der Waals surface area contributed by atoms with Crippen LogP contribution in [0.4, 0.5) is 16.2 Å². The Bertz CT molecular complexity index is 1350. The maximum absolute atomic E-state index is 12.6. The number of para-hydroxylation sites is 3. The van der Waals surface area contributed by atoms with Crippen molar-refractivity contribution in [3.63, 3.8) is 0 Å². The molecule has 5 aromatic rings. The molecule has 4 aromatic carbocycles. The van der Waals surface area contributed by atoms with Crippen LogP contribution in [0.5, 0.6) is 5.75 Å². The number of ether oxygens (including phenoxy) is 1. The average molecular weight is 434 g/mol. The molecule has 0 radical (unpaired) electrons. The highest BCUT2D eigenvalue weighted by Gasteiger charge is 2.12. The summed E-state index contributed by atoms with van der Waals surface area (Å²) >= 11 is 0. The topological polar surface area (TPSA) is 79.0 Å². The van der Waals surface area contributed by atoms with Crippen LogP contribution >= 0.6 is 0 Å². The normalized spacial score (nSPS) is 10.7. The summed E-state index contributed by atoms with van der Waals surface area (Å²) < 4.78 is 5.80. The van der Waals surface area contributed by atoms with Crippen LogP contribution < -0.4 is 15.4 Å². The van der Waals surface area contributed by atoms with E-state index in [1.165, 1.54) is 0 Å². The Balaban J connectivity index is 1.24. The maximum Gasteiger partial charge on any atom is 0.323 e. The van der Waals surface area contributed by atoms with Gasteiger partial charge in [0.05, 0.1) is 16.7 Å². The third kappa shape index (κ3) is 4.85. The first-order valence-electron chi connectivity index (χ1n) is 10.6. The number of nitrogens with one attached hydrogen (secondary N) is 3. The smallest absolute Gasteiger partial charge is 0.323 e. The first-order valence-corrected chi connectivity index (χ1v) is 10.6. The van der Waals surface area contributed by atoms with E-state index in [1.807, 2.05) is 103 Å². The second-order valence-corrected chi connectivity index (χ2v) is 7.53. The second kappa shape index (κ2) is 9.28. The summed E-state index contributed by atoms with van der Waals surface area (Å²) in [5.74, 6) is 1.44. The van der Waals surface area contributed by atoms with E-state index in [-0.39, 0.29) is 6.03 Å². The number of fused-ring (bicyclic) bond motifs is 1. The predicted molar refractivity (Wildman–Crippen MR) is 131 cm³/mol. The zero-order valence-corrected chi connectivity index (χ0v) is 17.8. The monoisotopic (exact) mass is 434 g/mol. The number of aromatic amines is 1. The number of benzene rings is 4. The van der Waals surface area contributed by atoms with Crippen molar-refractivity contribution in [2.45, 2.75) is 6.61 Å². The molecule has 5 rings (SSSR count). The molecule has 0 atom stereocenters. The number of H-pyrrole nitrogens is 1. The summed E-state index contributed by atoms with van der Waals surface area (Å²) in [5, 5.41) is 5.78. The Kier molecular flexibility index (Phi) is 5.72. The number of rotatable bonds is 6. The summed E-state index contributed by atoms with van der Waals surface area (Å²) in [6.45, 7) is 0.493. The van der Waals surface area contributed by atoms with Gasteiger partial charge in [0.2, 0.25) is 0 Å². The number of imidazole rings is 1. The summed E-state index contributed by atoms with van der Waals surface area (Å²) in [7, 11) is 0. The quantitative estimate of drug-likeness (QED) is 0.287. The van der Waals surface area contributed by atoms with Crippen molar-refractivity contribution >= 4 is 28.4 Å². The van der Waals surface area contributed by atoms with Crippen molar-refractivity contribution in [3.05, 3.63) is 109 Å². The van der Waals surface area contributed by atoms with Gasteiger partial charge in [0.1, 0.15) is 18.2 Å². The lowest BCUT2D eigenvalue weighted by Gasteiger charge is -2.11. The molecule has 0 unspecified atom stereocenters. The Morgan fingerprint density at radius 1 is 0.788 bits per heavy atom. The third-order valence-electron chi connectivity index (χ3n) is 5.18. The van der Waals surface area contributed by atoms with Gasteiger partial charge in [-0.2, -0.15) is 0 Å². The van der Waals surface area contributed by atoms with Crippen LogP contribution in [0.3, 0.4) is 0 Å². The molecule has 0 aliphatic rings. The van der Waals surface area contributed by atoms with E-state index >= 15 is 0 Å². The lowest BCUT2D eigenvalue weighted by molar-refractivity contribution is 0.262. The zero-order chi connectivity index (χ0) is 22.5. The van der Waals surface area contributed by atoms with Crippen molar-refractivity contribution in [1.82, 2.24) is 9.97 Å². The highest BCUT2D eigenvalue weighted by molar-refractivity contribution is 6.02. The lowest BCUT2D eigenvalue weighted by Crippen LogP contribution is -2.19. The number of amides is 2. The summed E-state index contributed by atoms with van der Waals surface area (Å²) in [6.07, 6.45) is 0. The highest BCUT2D eigenvalue weighted by Crippen LogP contribution is 2.27. The minimum absolute atomic E-state index is 0.337. The predicted octanol–water partition coefficient (Wildman–Crippen LogP) is 6.45. The molecule has 2 amide bonds. The fraction of sp³-hybridized carbons (Fsp3) is 0.0370. The Morgan fingerprint density at radius 2 is 1.52 bits per heavy atom. The van der Waals surface area contributed by atoms with Crippen molar-refractivity contribution in [2.24, 2.45) is 0 Å². The minimum Gasteiger partial charge on any atom is -0.489 e. The first kappa shape index (κ1) is 20.3. The molecule has 1 heterocycles. The molecular weight excluding hydrogens is 412 g/mol. The number of hydrogen-bond acceptors (Lipinski definition) is 3. The van der Waals surface area contributed by atoms with Gasteiger partial charge in [-0.25, -0.2) is 9.78 Å². The first-order chi connectivity index (χ1) is 16.2. The molecule has 6 nitrogen and oxygen atoms in total. The highest BCUT2D eigenvalue weighted by atomic mass is 16.5. The molecule has 0 saturated carbocycles. The van der Waals surface area contributed by atoms with E-state index in [1.54, 1.807) is 0 Å². The van der Waals surface area contributed by atoms with Crippen LogP contribution in [0.25, 0.3) is 22.4 Å². The van der Waals surface area contributed by atoms with Crippen LogP contribution in [0.15, 0.2) is 103 Å². The molecule has 3 N–H and O–H groups in total. The molecule has 6 heteroatoms. The van der Waals surface area contributed by atoms with Crippen LogP contribution in [-0.2, 0) is 6.61 Å². The fourth-order valence-electron chi connectivity index (χ4n) is 3.54. The Labute approximate surface area is 191 Å². The van der Waals surface area contributed by atoms with Crippen molar-refractivity contribution in [3.8, 4) is 17.1 Å². The number of anilines is 2. The van der Waals surface area contributed by atoms with Crippen LogP contribution in [0.1, 0.15) is 5.56 Å². The largest absolute Gasteiger partial charge is 0.489 e. The maximum atomic E-state index is 12.6. The van der Waals surface area contributed by atoms with Gasteiger partial charge < -0.3 is 20.4 Å². The summed E-state index contributed by atoms with van der Waals surface area (Å²) in [4.78, 5) is 20.6. The number of nitrogens with zero attached hydrogens (tertiary/aromatic N) is 1. The van der Waals surface area contributed by atoms with Gasteiger partial charge in [0.15, 0.2) is 0 Å². The van der Waals surface area contributed by atoms with Crippen molar-refractivity contribution in [1.29, 1.82) is 0 Å². The summed E-state index contributed by atoms with van der Waals surface area (Å²) in [6, 6.07) is 32.3. The Hall–Kier alpha value is -4.58. The van der Waals surface area contributed by atoms with Crippen LogP contribution in [-0.4, -0.2) is 16.0 Å². The van der Waals surface area contributed by atoms with E-state index in [9.17, 15) is 4.79 Å². The fourth-order valence-corrected chi connectivity index (χ4v) is 3.54. The molecule has 0 bridgehead atoms. The summed E-state index contributed by atoms with van der Waals surface area (Å²) in [5.41, 5.74) is 5.07. The SMILES string of the molecule is O=C(Nc1ccc(OCc2ccccc2)cc1)Nc1ccccc1-c1nc2ccccc2[nH]1. The standard InChI is InChI=1S/C27H22N4O2/c32-27(28-20-14-16-21(17-15-20)33-18-19-8-2-1-3-9-19)31-23-11-5-4-10-22(23)26-29-24-12-6-7-13-25(24)30-26/h1-17H,18H2,(H,29,30)(H2,28,31,32).